The highest BCUT2D eigenvalue weighted by molar-refractivity contribution is 6.30. The molecule has 0 spiro atoms. The van der Waals surface area contributed by atoms with E-state index < -0.39 is 11.6 Å². The van der Waals surface area contributed by atoms with Gasteiger partial charge in [-0.25, -0.2) is 0 Å². The lowest BCUT2D eigenvalue weighted by atomic mass is 9.87. The summed E-state index contributed by atoms with van der Waals surface area (Å²) in [6.07, 6.45) is 0.377. The van der Waals surface area contributed by atoms with Gasteiger partial charge >= 0.3 is 0 Å². The van der Waals surface area contributed by atoms with E-state index in [1.165, 1.54) is 5.56 Å². The van der Waals surface area contributed by atoms with E-state index in [-0.39, 0.29) is 30.4 Å². The van der Waals surface area contributed by atoms with Crippen LogP contribution in [0.15, 0.2) is 78.9 Å². The number of benzene rings is 3. The Balaban J connectivity index is 1.89. The third kappa shape index (κ3) is 8.91. The van der Waals surface area contributed by atoms with E-state index >= 15 is 0 Å². The fourth-order valence-electron chi connectivity index (χ4n) is 4.07. The molecular formula is C32H39ClN2O3. The third-order valence-electron chi connectivity index (χ3n) is 6.12. The van der Waals surface area contributed by atoms with E-state index in [4.69, 9.17) is 16.3 Å². The summed E-state index contributed by atoms with van der Waals surface area (Å²) in [5.41, 5.74) is 2.59. The molecule has 0 aliphatic carbocycles. The van der Waals surface area contributed by atoms with Gasteiger partial charge < -0.3 is 15.0 Å². The molecule has 0 fully saturated rings. The van der Waals surface area contributed by atoms with Gasteiger partial charge in [0.25, 0.3) is 5.91 Å². The van der Waals surface area contributed by atoms with Crippen molar-refractivity contribution in [3.8, 4) is 5.75 Å². The number of amides is 2. The van der Waals surface area contributed by atoms with Crippen molar-refractivity contribution in [2.24, 2.45) is 0 Å². The first kappa shape index (κ1) is 29.2. The molecule has 0 bridgehead atoms. The Morgan fingerprint density at radius 2 is 1.45 bits per heavy atom. The van der Waals surface area contributed by atoms with Gasteiger partial charge in [0.2, 0.25) is 5.91 Å². The van der Waals surface area contributed by atoms with Gasteiger partial charge in [0.15, 0.2) is 6.61 Å². The Morgan fingerprint density at radius 3 is 2.00 bits per heavy atom. The fraction of sp³-hybridized carbons (Fsp3) is 0.375. The van der Waals surface area contributed by atoms with Crippen molar-refractivity contribution in [3.63, 3.8) is 0 Å². The molecule has 202 valence electrons. The first-order valence-corrected chi connectivity index (χ1v) is 13.3. The molecule has 3 rings (SSSR count). The maximum atomic E-state index is 13.7. The molecule has 3 aromatic rings. The Bertz CT molecular complexity index is 1190. The molecule has 0 unspecified atom stereocenters. The van der Waals surface area contributed by atoms with E-state index in [2.05, 4.69) is 26.1 Å². The maximum Gasteiger partial charge on any atom is 0.261 e. The van der Waals surface area contributed by atoms with Gasteiger partial charge in [-0.2, -0.15) is 0 Å². The van der Waals surface area contributed by atoms with Crippen LogP contribution >= 0.6 is 11.6 Å². The van der Waals surface area contributed by atoms with Gasteiger partial charge in [0, 0.05) is 23.5 Å². The highest BCUT2D eigenvalue weighted by atomic mass is 35.5. The number of hydrogen-bond acceptors (Lipinski definition) is 3. The van der Waals surface area contributed by atoms with E-state index in [0.29, 0.717) is 17.2 Å². The number of carbonyl (C=O) groups excluding carboxylic acids is 2. The Kier molecular flexibility index (Phi) is 9.61. The second-order valence-electron chi connectivity index (χ2n) is 11.7. The summed E-state index contributed by atoms with van der Waals surface area (Å²) in [5, 5.41) is 3.68. The summed E-state index contributed by atoms with van der Waals surface area (Å²) in [5.74, 6) is 0.125. The second-order valence-corrected chi connectivity index (χ2v) is 12.1. The maximum absolute atomic E-state index is 13.7. The zero-order chi connectivity index (χ0) is 27.9. The Labute approximate surface area is 232 Å². The largest absolute Gasteiger partial charge is 0.484 e. The zero-order valence-electron chi connectivity index (χ0n) is 23.3. The summed E-state index contributed by atoms with van der Waals surface area (Å²) >= 11 is 6.10. The van der Waals surface area contributed by atoms with Crippen LogP contribution in [-0.2, 0) is 28.0 Å². The Hall–Kier alpha value is -3.31. The predicted octanol–water partition coefficient (Wildman–Crippen LogP) is 6.57. The van der Waals surface area contributed by atoms with Crippen LogP contribution in [0.25, 0.3) is 0 Å². The summed E-state index contributed by atoms with van der Waals surface area (Å²) in [6.45, 7) is 12.3. The SMILES string of the molecule is CC(C)(C)NC(=O)[C@H](Cc1ccccc1)N(Cc1ccc(Cl)cc1)C(=O)COc1ccc(C(C)(C)C)cc1. The highest BCUT2D eigenvalue weighted by Crippen LogP contribution is 2.24. The van der Waals surface area contributed by atoms with E-state index in [0.717, 1.165) is 11.1 Å². The number of halogens is 1. The van der Waals surface area contributed by atoms with Crippen LogP contribution in [0, 0.1) is 0 Å². The van der Waals surface area contributed by atoms with Crippen LogP contribution in [0.4, 0.5) is 0 Å². The van der Waals surface area contributed by atoms with Crippen LogP contribution < -0.4 is 10.1 Å². The van der Waals surface area contributed by atoms with Crippen LogP contribution in [0.5, 0.6) is 5.75 Å². The number of rotatable bonds is 9. The molecule has 38 heavy (non-hydrogen) atoms. The minimum absolute atomic E-state index is 0.0226. The minimum atomic E-state index is -0.730. The number of ether oxygens (including phenoxy) is 1. The molecule has 0 aromatic heterocycles. The lowest BCUT2D eigenvalue weighted by Gasteiger charge is -2.33. The van der Waals surface area contributed by atoms with Crippen LogP contribution in [0.3, 0.4) is 0 Å². The molecule has 0 aliphatic rings. The fourth-order valence-corrected chi connectivity index (χ4v) is 4.20. The lowest BCUT2D eigenvalue weighted by Crippen LogP contribution is -2.55. The molecule has 5 nitrogen and oxygen atoms in total. The molecule has 1 N–H and O–H groups in total. The second kappa shape index (κ2) is 12.5. The van der Waals surface area contributed by atoms with Gasteiger partial charge in [-0.05, 0) is 67.1 Å². The number of carbonyl (C=O) groups is 2. The van der Waals surface area contributed by atoms with E-state index in [9.17, 15) is 9.59 Å². The number of hydrogen-bond donors (Lipinski definition) is 1. The van der Waals surface area contributed by atoms with Crippen LogP contribution in [-0.4, -0.2) is 34.9 Å². The van der Waals surface area contributed by atoms with Crippen molar-refractivity contribution in [1.82, 2.24) is 10.2 Å². The topological polar surface area (TPSA) is 58.6 Å². The standard InChI is InChI=1S/C32H39ClN2O3/c1-31(2,3)25-14-18-27(19-15-25)38-22-29(36)35(21-24-12-16-26(33)17-13-24)28(30(37)34-32(4,5)6)20-23-10-8-7-9-11-23/h7-19,28H,20-22H2,1-6H3,(H,34,37)/t28-/m0/s1. The van der Waals surface area contributed by atoms with Gasteiger partial charge in [0.05, 0.1) is 0 Å². The van der Waals surface area contributed by atoms with Crippen molar-refractivity contribution in [3.05, 3.63) is 101 Å². The van der Waals surface area contributed by atoms with Gasteiger partial charge in [-0.3, -0.25) is 9.59 Å². The zero-order valence-corrected chi connectivity index (χ0v) is 24.0. The molecule has 0 saturated heterocycles. The average molecular weight is 535 g/mol. The normalized spacial score (nSPS) is 12.5. The van der Waals surface area contributed by atoms with Gasteiger partial charge in [-0.1, -0.05) is 87.0 Å². The molecule has 0 radical (unpaired) electrons. The lowest BCUT2D eigenvalue weighted by molar-refractivity contribution is -0.143. The minimum Gasteiger partial charge on any atom is -0.484 e. The van der Waals surface area contributed by atoms with Gasteiger partial charge in [0.1, 0.15) is 11.8 Å². The van der Waals surface area contributed by atoms with Crippen molar-refractivity contribution < 1.29 is 14.3 Å². The third-order valence-corrected chi connectivity index (χ3v) is 6.37. The first-order chi connectivity index (χ1) is 17.8. The predicted molar refractivity (Wildman–Crippen MR) is 154 cm³/mol. The summed E-state index contributed by atoms with van der Waals surface area (Å²) < 4.78 is 5.91. The van der Waals surface area contributed by atoms with Crippen molar-refractivity contribution in [2.45, 2.75) is 71.5 Å². The molecule has 0 aliphatic heterocycles. The highest BCUT2D eigenvalue weighted by Gasteiger charge is 2.32. The van der Waals surface area contributed by atoms with E-state index in [1.54, 1.807) is 17.0 Å². The Morgan fingerprint density at radius 1 is 0.842 bits per heavy atom. The van der Waals surface area contributed by atoms with Crippen molar-refractivity contribution in [1.29, 1.82) is 0 Å². The van der Waals surface area contributed by atoms with Crippen LogP contribution in [0.1, 0.15) is 58.2 Å². The van der Waals surface area contributed by atoms with E-state index in [1.807, 2.05) is 87.5 Å². The summed E-state index contributed by atoms with van der Waals surface area (Å²) in [4.78, 5) is 28.9. The molecule has 0 heterocycles. The molecule has 0 saturated carbocycles. The van der Waals surface area contributed by atoms with Crippen molar-refractivity contribution >= 4 is 23.4 Å². The monoisotopic (exact) mass is 534 g/mol. The molecule has 2 amide bonds. The quantitative estimate of drug-likeness (QED) is 0.338. The molecule has 1 atom stereocenters. The smallest absolute Gasteiger partial charge is 0.261 e. The summed E-state index contributed by atoms with van der Waals surface area (Å²) in [7, 11) is 0. The molecule has 6 heteroatoms. The number of nitrogens with one attached hydrogen (secondary N) is 1. The molecule has 3 aromatic carbocycles. The molecular weight excluding hydrogens is 496 g/mol. The number of nitrogens with zero attached hydrogens (tertiary/aromatic N) is 1. The first-order valence-electron chi connectivity index (χ1n) is 12.9. The van der Waals surface area contributed by atoms with Crippen molar-refractivity contribution in [2.75, 3.05) is 6.61 Å². The average Bonchev–Trinajstić information content (AvgIpc) is 2.85. The van der Waals surface area contributed by atoms with Crippen LogP contribution in [0.2, 0.25) is 5.02 Å². The van der Waals surface area contributed by atoms with Gasteiger partial charge in [-0.15, -0.1) is 0 Å². The summed E-state index contributed by atoms with van der Waals surface area (Å²) in [6, 6.07) is 24.1.